The van der Waals surface area contributed by atoms with Crippen LogP contribution in [0.2, 0.25) is 0 Å². The van der Waals surface area contributed by atoms with E-state index in [1.165, 1.54) is 12.4 Å². The summed E-state index contributed by atoms with van der Waals surface area (Å²) in [7, 11) is 0. The number of hydrogen-bond acceptors (Lipinski definition) is 6. The third kappa shape index (κ3) is 2.99. The van der Waals surface area contributed by atoms with Gasteiger partial charge in [0.1, 0.15) is 11.3 Å². The molecule has 1 fully saturated rings. The maximum absolute atomic E-state index is 12.6. The summed E-state index contributed by atoms with van der Waals surface area (Å²) in [6.45, 7) is 6.24. The van der Waals surface area contributed by atoms with Crippen molar-refractivity contribution in [3.05, 3.63) is 41.7 Å². The predicted molar refractivity (Wildman–Crippen MR) is 101 cm³/mol. The zero-order valence-corrected chi connectivity index (χ0v) is 16.1. The summed E-state index contributed by atoms with van der Waals surface area (Å²) in [6.07, 6.45) is 4.29. The van der Waals surface area contributed by atoms with Crippen molar-refractivity contribution in [3.63, 3.8) is 0 Å². The van der Waals surface area contributed by atoms with E-state index in [-0.39, 0.29) is 18.0 Å². The van der Waals surface area contributed by atoms with Crippen LogP contribution in [-0.2, 0) is 16.1 Å². The Bertz CT molecular complexity index is 930. The number of benzene rings is 1. The summed E-state index contributed by atoms with van der Waals surface area (Å²) < 4.78 is 11.5. The molecule has 1 N–H and O–H groups in total. The monoisotopic (exact) mass is 382 g/mol. The van der Waals surface area contributed by atoms with Gasteiger partial charge in [0.2, 0.25) is 0 Å². The predicted octanol–water partition coefficient (Wildman–Crippen LogP) is 3.48. The van der Waals surface area contributed by atoms with Crippen LogP contribution in [0.15, 0.2) is 30.6 Å². The van der Waals surface area contributed by atoms with Gasteiger partial charge in [0.25, 0.3) is 5.91 Å². The fourth-order valence-electron chi connectivity index (χ4n) is 3.43. The molecule has 28 heavy (non-hydrogen) atoms. The molecule has 2 aliphatic heterocycles. The minimum atomic E-state index is -0.908. The molecule has 2 aliphatic rings. The highest BCUT2D eigenvalue weighted by Gasteiger charge is 2.47. The molecule has 0 saturated carbocycles. The van der Waals surface area contributed by atoms with Crippen LogP contribution in [0.5, 0.6) is 11.8 Å². The third-order valence-corrected chi connectivity index (χ3v) is 5.33. The van der Waals surface area contributed by atoms with E-state index < -0.39 is 11.6 Å². The number of aromatic nitrogens is 2. The maximum Gasteiger partial charge on any atom is 0.329 e. The van der Waals surface area contributed by atoms with Crippen molar-refractivity contribution in [2.45, 2.75) is 51.9 Å². The van der Waals surface area contributed by atoms with Crippen LogP contribution in [0.4, 0.5) is 10.5 Å². The normalized spacial score (nSPS) is 23.7. The van der Waals surface area contributed by atoms with Gasteiger partial charge in [-0.05, 0) is 43.0 Å². The lowest BCUT2D eigenvalue weighted by Crippen LogP contribution is -2.43. The molecular formula is C20H22N4O4. The summed E-state index contributed by atoms with van der Waals surface area (Å²) >= 11 is 0. The van der Waals surface area contributed by atoms with Gasteiger partial charge in [0, 0.05) is 0 Å². The van der Waals surface area contributed by atoms with Gasteiger partial charge in [0.05, 0.1) is 30.8 Å². The van der Waals surface area contributed by atoms with Crippen LogP contribution in [0.1, 0.15) is 50.8 Å². The first-order valence-corrected chi connectivity index (χ1v) is 9.36. The molecule has 0 aliphatic carbocycles. The Morgan fingerprint density at radius 2 is 2.04 bits per heavy atom. The van der Waals surface area contributed by atoms with Crippen molar-refractivity contribution in [3.8, 4) is 11.8 Å². The number of imide groups is 1. The number of rotatable bonds is 5. The van der Waals surface area contributed by atoms with E-state index >= 15 is 0 Å². The second-order valence-electron chi connectivity index (χ2n) is 7.15. The standard InChI is InChI=1S/C20H22N4O4/c1-4-16-15-8-14(7-6-12(15)11-27-16)28-18-21-9-13(10-22-18)24-17(25)20(3,5-2)23-19(24)26/h6-10,16H,4-5,11H2,1-3H3,(H,23,26)/t16-,20-/m1/s1. The summed E-state index contributed by atoms with van der Waals surface area (Å²) in [5.41, 5.74) is 1.68. The fourth-order valence-corrected chi connectivity index (χ4v) is 3.43. The van der Waals surface area contributed by atoms with Crippen molar-refractivity contribution in [2.24, 2.45) is 0 Å². The molecule has 2 atom stereocenters. The molecule has 0 radical (unpaired) electrons. The number of anilines is 1. The number of urea groups is 1. The molecule has 8 nitrogen and oxygen atoms in total. The fraction of sp³-hybridized carbons (Fsp3) is 0.400. The first-order chi connectivity index (χ1) is 13.4. The molecule has 0 spiro atoms. The highest BCUT2D eigenvalue weighted by atomic mass is 16.5. The molecule has 1 aromatic heterocycles. The number of fused-ring (bicyclic) bond motifs is 1. The molecule has 8 heteroatoms. The highest BCUT2D eigenvalue weighted by Crippen LogP contribution is 2.36. The van der Waals surface area contributed by atoms with E-state index in [0.717, 1.165) is 22.4 Å². The van der Waals surface area contributed by atoms with E-state index in [4.69, 9.17) is 9.47 Å². The Labute approximate surface area is 162 Å². The van der Waals surface area contributed by atoms with Gasteiger partial charge in [-0.2, -0.15) is 0 Å². The SMILES string of the molecule is CC[C@H]1OCc2ccc(Oc3ncc(N4C(=O)N[C@](C)(CC)C4=O)cn3)cc21. The van der Waals surface area contributed by atoms with Crippen molar-refractivity contribution in [2.75, 3.05) is 4.90 Å². The largest absolute Gasteiger partial charge is 0.424 e. The molecule has 0 unspecified atom stereocenters. The summed E-state index contributed by atoms with van der Waals surface area (Å²) in [6, 6.07) is 5.43. The van der Waals surface area contributed by atoms with Crippen LogP contribution in [0, 0.1) is 0 Å². The average molecular weight is 382 g/mol. The van der Waals surface area contributed by atoms with E-state index in [9.17, 15) is 9.59 Å². The summed E-state index contributed by atoms with van der Waals surface area (Å²) in [5.74, 6) is 0.297. The smallest absolute Gasteiger partial charge is 0.329 e. The van der Waals surface area contributed by atoms with Crippen molar-refractivity contribution in [1.82, 2.24) is 15.3 Å². The van der Waals surface area contributed by atoms with Crippen molar-refractivity contribution < 1.29 is 19.1 Å². The van der Waals surface area contributed by atoms with Gasteiger partial charge in [-0.15, -0.1) is 0 Å². The molecule has 146 valence electrons. The first-order valence-electron chi connectivity index (χ1n) is 9.36. The second kappa shape index (κ2) is 6.87. The van der Waals surface area contributed by atoms with Crippen LogP contribution < -0.4 is 15.0 Å². The van der Waals surface area contributed by atoms with Crippen LogP contribution in [0.25, 0.3) is 0 Å². The molecule has 0 bridgehead atoms. The molecule has 2 aromatic rings. The number of amides is 3. The molecule has 1 saturated heterocycles. The Morgan fingerprint density at radius 3 is 2.68 bits per heavy atom. The lowest BCUT2D eigenvalue weighted by atomic mass is 9.99. The number of ether oxygens (including phenoxy) is 2. The number of hydrogen-bond donors (Lipinski definition) is 1. The van der Waals surface area contributed by atoms with Gasteiger partial charge < -0.3 is 14.8 Å². The Hall–Kier alpha value is -3.00. The Morgan fingerprint density at radius 1 is 1.29 bits per heavy atom. The van der Waals surface area contributed by atoms with Gasteiger partial charge in [-0.1, -0.05) is 19.9 Å². The number of nitrogens with zero attached hydrogens (tertiary/aromatic N) is 3. The average Bonchev–Trinajstić information content (AvgIpc) is 3.21. The maximum atomic E-state index is 12.6. The van der Waals surface area contributed by atoms with Gasteiger partial charge in [-0.3, -0.25) is 4.79 Å². The number of carbonyl (C=O) groups is 2. The molecule has 4 rings (SSSR count). The minimum absolute atomic E-state index is 0.0782. The molecular weight excluding hydrogens is 360 g/mol. The lowest BCUT2D eigenvalue weighted by molar-refractivity contribution is -0.121. The van der Waals surface area contributed by atoms with Crippen molar-refractivity contribution >= 4 is 17.6 Å². The minimum Gasteiger partial charge on any atom is -0.424 e. The highest BCUT2D eigenvalue weighted by molar-refractivity contribution is 6.23. The van der Waals surface area contributed by atoms with Crippen LogP contribution >= 0.6 is 0 Å². The number of carbonyl (C=O) groups excluding carboxylic acids is 2. The summed E-state index contributed by atoms with van der Waals surface area (Å²) in [5, 5.41) is 2.70. The van der Waals surface area contributed by atoms with E-state index in [1.807, 2.05) is 25.1 Å². The van der Waals surface area contributed by atoms with Gasteiger partial charge in [0.15, 0.2) is 0 Å². The Balaban J connectivity index is 1.52. The second-order valence-corrected chi connectivity index (χ2v) is 7.15. The molecule has 1 aromatic carbocycles. The zero-order valence-electron chi connectivity index (χ0n) is 16.1. The number of nitrogens with one attached hydrogen (secondary N) is 1. The van der Waals surface area contributed by atoms with E-state index in [2.05, 4.69) is 22.2 Å². The van der Waals surface area contributed by atoms with E-state index in [1.54, 1.807) is 6.92 Å². The molecule has 3 amide bonds. The van der Waals surface area contributed by atoms with Crippen LogP contribution in [0.3, 0.4) is 0 Å². The quantitative estimate of drug-likeness (QED) is 0.796. The van der Waals surface area contributed by atoms with Crippen molar-refractivity contribution in [1.29, 1.82) is 0 Å². The Kier molecular flexibility index (Phi) is 4.50. The van der Waals surface area contributed by atoms with Crippen LogP contribution in [-0.4, -0.2) is 27.4 Å². The first kappa shape index (κ1) is 18.4. The molecule has 3 heterocycles. The van der Waals surface area contributed by atoms with Gasteiger partial charge in [-0.25, -0.2) is 19.7 Å². The zero-order chi connectivity index (χ0) is 19.9. The lowest BCUT2D eigenvalue weighted by Gasteiger charge is -2.19. The van der Waals surface area contributed by atoms with E-state index in [0.29, 0.717) is 24.5 Å². The topological polar surface area (TPSA) is 93.7 Å². The summed E-state index contributed by atoms with van der Waals surface area (Å²) in [4.78, 5) is 34.1. The third-order valence-electron chi connectivity index (χ3n) is 5.33. The van der Waals surface area contributed by atoms with Gasteiger partial charge >= 0.3 is 12.0 Å².